The summed E-state index contributed by atoms with van der Waals surface area (Å²) in [6.07, 6.45) is 3.63. The number of benzene rings is 1. The lowest BCUT2D eigenvalue weighted by molar-refractivity contribution is 0.0626. The van der Waals surface area contributed by atoms with Crippen molar-refractivity contribution in [1.82, 2.24) is 19.0 Å². The number of hydrogen-bond acceptors (Lipinski definition) is 5. The van der Waals surface area contributed by atoms with E-state index in [0.717, 1.165) is 32.6 Å². The van der Waals surface area contributed by atoms with Crippen LogP contribution in [-0.4, -0.2) is 98.8 Å². The number of hydrogen-bond donors (Lipinski definition) is 0. The van der Waals surface area contributed by atoms with Crippen molar-refractivity contribution in [3.05, 3.63) is 28.8 Å². The molecule has 7 nitrogen and oxygen atoms in total. The molecule has 184 valence electrons. The molecule has 1 amide bonds. The van der Waals surface area contributed by atoms with Gasteiger partial charge in [-0.1, -0.05) is 25.4 Å². The first-order valence-corrected chi connectivity index (χ1v) is 14.1. The predicted molar refractivity (Wildman–Crippen MR) is 131 cm³/mol. The predicted octanol–water partition coefficient (Wildman–Crippen LogP) is 2.86. The van der Waals surface area contributed by atoms with Gasteiger partial charge in [-0.15, -0.1) is 0 Å². The molecule has 0 radical (unpaired) electrons. The van der Waals surface area contributed by atoms with Crippen LogP contribution >= 0.6 is 11.6 Å². The van der Waals surface area contributed by atoms with E-state index < -0.39 is 10.0 Å². The number of nitrogens with zero attached hydrogens (tertiary/aromatic N) is 4. The fourth-order valence-corrected chi connectivity index (χ4v) is 7.32. The van der Waals surface area contributed by atoms with Gasteiger partial charge in [0, 0.05) is 52.4 Å². The molecule has 2 atom stereocenters. The Morgan fingerprint density at radius 3 is 2.12 bits per heavy atom. The van der Waals surface area contributed by atoms with Crippen LogP contribution in [0.4, 0.5) is 0 Å². The first-order chi connectivity index (χ1) is 15.7. The lowest BCUT2D eigenvalue weighted by Gasteiger charge is -2.36. The normalized spacial score (nSPS) is 26.1. The number of halogens is 1. The van der Waals surface area contributed by atoms with Gasteiger partial charge in [0.15, 0.2) is 0 Å². The molecule has 9 heteroatoms. The fourth-order valence-electron chi connectivity index (χ4n) is 5.41. The number of piperazine rings is 1. The van der Waals surface area contributed by atoms with Crippen molar-refractivity contribution < 1.29 is 13.2 Å². The van der Waals surface area contributed by atoms with E-state index in [0.29, 0.717) is 43.0 Å². The minimum absolute atomic E-state index is 0.154. The number of amides is 1. The Morgan fingerprint density at radius 2 is 1.52 bits per heavy atom. The van der Waals surface area contributed by atoms with Crippen LogP contribution in [0.3, 0.4) is 0 Å². The highest BCUT2D eigenvalue weighted by molar-refractivity contribution is 7.89. The number of rotatable bonds is 6. The second-order valence-electron chi connectivity index (χ2n) is 10.1. The largest absolute Gasteiger partial charge is 0.336 e. The van der Waals surface area contributed by atoms with Crippen molar-refractivity contribution in [3.63, 3.8) is 0 Å². The summed E-state index contributed by atoms with van der Waals surface area (Å²) in [6.45, 7) is 12.6. The van der Waals surface area contributed by atoms with Gasteiger partial charge in [0.05, 0.1) is 15.5 Å². The number of likely N-dealkylation sites (tertiary alicyclic amines) is 1. The molecule has 0 bridgehead atoms. The Kier molecular flexibility index (Phi) is 8.01. The summed E-state index contributed by atoms with van der Waals surface area (Å²) in [6, 6.07) is 4.54. The summed E-state index contributed by atoms with van der Waals surface area (Å²) in [7, 11) is -3.66. The molecule has 0 saturated carbocycles. The molecular weight excluding hydrogens is 460 g/mol. The Labute approximate surface area is 203 Å². The second kappa shape index (κ2) is 10.6. The van der Waals surface area contributed by atoms with Crippen molar-refractivity contribution in [2.45, 2.75) is 38.0 Å². The zero-order valence-corrected chi connectivity index (χ0v) is 21.5. The first-order valence-electron chi connectivity index (χ1n) is 12.3. The van der Waals surface area contributed by atoms with Gasteiger partial charge in [-0.3, -0.25) is 9.69 Å². The molecule has 3 saturated heterocycles. The summed E-state index contributed by atoms with van der Waals surface area (Å²) in [5, 5.41) is 0.302. The van der Waals surface area contributed by atoms with Gasteiger partial charge in [-0.05, 0) is 62.4 Å². The van der Waals surface area contributed by atoms with Crippen LogP contribution in [0, 0.1) is 11.8 Å². The quantitative estimate of drug-likeness (QED) is 0.606. The summed E-state index contributed by atoms with van der Waals surface area (Å²) in [5.74, 6) is 0.453. The maximum atomic E-state index is 13.3. The van der Waals surface area contributed by atoms with Crippen LogP contribution < -0.4 is 0 Å². The van der Waals surface area contributed by atoms with Crippen LogP contribution in [0.1, 0.15) is 43.5 Å². The van der Waals surface area contributed by atoms with E-state index in [2.05, 4.69) is 23.6 Å². The van der Waals surface area contributed by atoms with Gasteiger partial charge in [0.1, 0.15) is 0 Å². The van der Waals surface area contributed by atoms with E-state index in [1.165, 1.54) is 38.1 Å². The lowest BCUT2D eigenvalue weighted by Crippen LogP contribution is -2.50. The summed E-state index contributed by atoms with van der Waals surface area (Å²) in [4.78, 5) is 20.1. The summed E-state index contributed by atoms with van der Waals surface area (Å²) in [5.41, 5.74) is 0.279. The molecule has 3 aliphatic heterocycles. The molecule has 0 aliphatic carbocycles. The molecule has 0 spiro atoms. The average Bonchev–Trinajstić information content (AvgIpc) is 3.31. The number of piperidine rings is 1. The lowest BCUT2D eigenvalue weighted by atomic mass is 9.94. The smallest absolute Gasteiger partial charge is 0.255 e. The minimum atomic E-state index is -3.66. The summed E-state index contributed by atoms with van der Waals surface area (Å²) >= 11 is 6.37. The molecule has 3 heterocycles. The molecular formula is C24H37ClN4O3S. The second-order valence-corrected chi connectivity index (χ2v) is 12.4. The topological polar surface area (TPSA) is 64.2 Å². The highest BCUT2D eigenvalue weighted by Gasteiger charge is 2.33. The Hall–Kier alpha value is -1.19. The van der Waals surface area contributed by atoms with Gasteiger partial charge in [-0.25, -0.2) is 8.42 Å². The van der Waals surface area contributed by atoms with E-state index in [1.54, 1.807) is 15.3 Å². The zero-order valence-electron chi connectivity index (χ0n) is 19.9. The molecule has 4 rings (SSSR count). The van der Waals surface area contributed by atoms with Crippen LogP contribution in [0.5, 0.6) is 0 Å². The Balaban J connectivity index is 1.40. The van der Waals surface area contributed by atoms with E-state index in [9.17, 15) is 13.2 Å². The van der Waals surface area contributed by atoms with Crippen LogP contribution in [-0.2, 0) is 10.0 Å². The fraction of sp³-hybridized carbons (Fsp3) is 0.708. The third-order valence-electron chi connectivity index (χ3n) is 7.23. The van der Waals surface area contributed by atoms with Gasteiger partial charge in [0.25, 0.3) is 5.91 Å². The van der Waals surface area contributed by atoms with Gasteiger partial charge in [0.2, 0.25) is 10.0 Å². The van der Waals surface area contributed by atoms with E-state index in [4.69, 9.17) is 11.6 Å². The highest BCUT2D eigenvalue weighted by Crippen LogP contribution is 2.29. The van der Waals surface area contributed by atoms with Gasteiger partial charge < -0.3 is 9.80 Å². The van der Waals surface area contributed by atoms with Crippen molar-refractivity contribution in [2.24, 2.45) is 11.8 Å². The van der Waals surface area contributed by atoms with E-state index in [1.807, 2.05) is 0 Å². The zero-order chi connectivity index (χ0) is 23.6. The molecule has 1 aromatic rings. The Bertz CT molecular complexity index is 933. The van der Waals surface area contributed by atoms with E-state index in [-0.39, 0.29) is 16.4 Å². The molecule has 0 unspecified atom stereocenters. The molecule has 0 N–H and O–H groups in total. The van der Waals surface area contributed by atoms with Crippen molar-refractivity contribution >= 4 is 27.5 Å². The number of sulfonamides is 1. The molecule has 3 aliphatic rings. The maximum Gasteiger partial charge on any atom is 0.255 e. The van der Waals surface area contributed by atoms with E-state index >= 15 is 0 Å². The number of carbonyl (C=O) groups excluding carboxylic acids is 1. The summed E-state index contributed by atoms with van der Waals surface area (Å²) < 4.78 is 28.2. The van der Waals surface area contributed by atoms with Crippen LogP contribution in [0.15, 0.2) is 23.1 Å². The number of carbonyl (C=O) groups is 1. The third kappa shape index (κ3) is 5.90. The Morgan fingerprint density at radius 1 is 0.939 bits per heavy atom. The molecule has 33 heavy (non-hydrogen) atoms. The van der Waals surface area contributed by atoms with Gasteiger partial charge >= 0.3 is 0 Å². The highest BCUT2D eigenvalue weighted by atomic mass is 35.5. The monoisotopic (exact) mass is 496 g/mol. The molecule has 0 aromatic heterocycles. The first kappa shape index (κ1) is 24.9. The van der Waals surface area contributed by atoms with Crippen molar-refractivity contribution in [2.75, 3.05) is 65.4 Å². The van der Waals surface area contributed by atoms with Gasteiger partial charge in [-0.2, -0.15) is 4.31 Å². The SMILES string of the molecule is C[C@H]1C[C@H](C)CN(S(=O)(=O)c2ccc(Cl)c(C(=O)N3CCN(CCN4CCCC4)CC3)c2)C1. The minimum Gasteiger partial charge on any atom is -0.336 e. The molecule has 1 aromatic carbocycles. The average molecular weight is 497 g/mol. The maximum absolute atomic E-state index is 13.3. The third-order valence-corrected chi connectivity index (χ3v) is 9.39. The molecule has 3 fully saturated rings. The van der Waals surface area contributed by atoms with Crippen LogP contribution in [0.25, 0.3) is 0 Å². The van der Waals surface area contributed by atoms with Crippen LogP contribution in [0.2, 0.25) is 5.02 Å². The van der Waals surface area contributed by atoms with Crippen molar-refractivity contribution in [3.8, 4) is 0 Å². The standard InChI is InChI=1S/C24H37ClN4O3S/c1-19-15-20(2)18-29(17-19)33(31,32)21-5-6-23(25)22(16-21)24(30)28-13-11-27(12-14-28)10-9-26-7-3-4-8-26/h5-6,16,19-20H,3-4,7-15,17-18H2,1-2H3/t19-,20-/m0/s1. The van der Waals surface area contributed by atoms with Crippen molar-refractivity contribution in [1.29, 1.82) is 0 Å².